The van der Waals surface area contributed by atoms with Crippen molar-refractivity contribution in [3.63, 3.8) is 0 Å². The van der Waals surface area contributed by atoms with Crippen LogP contribution in [0.5, 0.6) is 11.5 Å². The Kier molecular flexibility index (Phi) is 6.25. The van der Waals surface area contributed by atoms with Gasteiger partial charge < -0.3 is 24.5 Å². The van der Waals surface area contributed by atoms with Crippen molar-refractivity contribution in [3.8, 4) is 22.6 Å². The molecule has 1 aromatic heterocycles. The fourth-order valence-electron chi connectivity index (χ4n) is 4.70. The van der Waals surface area contributed by atoms with Crippen LogP contribution >= 0.6 is 11.6 Å². The topological polar surface area (TPSA) is 69.1 Å². The quantitative estimate of drug-likeness (QED) is 0.552. The van der Waals surface area contributed by atoms with Crippen LogP contribution in [-0.2, 0) is 4.79 Å². The molecule has 3 aromatic rings. The summed E-state index contributed by atoms with van der Waals surface area (Å²) in [6, 6.07) is 7.57. The molecule has 0 spiro atoms. The molecule has 3 heterocycles. The minimum Gasteiger partial charge on any atom is -0.507 e. The number of carbonyl (C=O) groups is 1. The maximum absolute atomic E-state index is 14.5. The Morgan fingerprint density at radius 2 is 2.17 bits per heavy atom. The summed E-state index contributed by atoms with van der Waals surface area (Å²) in [6.45, 7) is 2.92. The summed E-state index contributed by atoms with van der Waals surface area (Å²) in [6.07, 6.45) is 5.16. The Labute approximate surface area is 208 Å². The molecule has 0 unspecified atom stereocenters. The number of piperazine rings is 1. The number of ether oxygens (including phenoxy) is 1. The molecule has 35 heavy (non-hydrogen) atoms. The van der Waals surface area contributed by atoms with Crippen LogP contribution in [0, 0.1) is 5.82 Å². The minimum absolute atomic E-state index is 0.00531. The van der Waals surface area contributed by atoms with Gasteiger partial charge in [-0.05, 0) is 38.4 Å². The molecular formula is C26H26ClFN4O3. The number of likely N-dealkylation sites (N-methyl/N-ethyl adjacent to an activating group) is 1. The second-order valence-corrected chi connectivity index (χ2v) is 9.47. The Balaban J connectivity index is 1.47. The van der Waals surface area contributed by atoms with E-state index in [0.717, 1.165) is 11.1 Å². The molecule has 0 bridgehead atoms. The van der Waals surface area contributed by atoms with Gasteiger partial charge in [-0.2, -0.15) is 0 Å². The van der Waals surface area contributed by atoms with Crippen LogP contribution in [0.15, 0.2) is 48.7 Å². The Bertz CT molecular complexity index is 1310. The van der Waals surface area contributed by atoms with E-state index in [1.807, 2.05) is 30.0 Å². The van der Waals surface area contributed by atoms with E-state index >= 15 is 0 Å². The largest absolute Gasteiger partial charge is 0.507 e. The molecule has 2 aliphatic heterocycles. The number of aromatic nitrogens is 1. The van der Waals surface area contributed by atoms with E-state index in [2.05, 4.69) is 9.88 Å². The Hall–Kier alpha value is -3.36. The van der Waals surface area contributed by atoms with Crippen LogP contribution in [0.3, 0.4) is 0 Å². The highest BCUT2D eigenvalue weighted by Crippen LogP contribution is 2.44. The molecule has 0 radical (unpaired) electrons. The van der Waals surface area contributed by atoms with Crippen molar-refractivity contribution in [2.75, 3.05) is 51.8 Å². The van der Waals surface area contributed by atoms with Crippen molar-refractivity contribution < 1.29 is 19.0 Å². The first-order valence-electron chi connectivity index (χ1n) is 11.4. The van der Waals surface area contributed by atoms with Crippen LogP contribution in [0.4, 0.5) is 10.1 Å². The number of nitrogens with zero attached hydrogens (tertiary/aromatic N) is 4. The third kappa shape index (κ3) is 4.39. The number of aromatic hydroxyl groups is 1. The highest BCUT2D eigenvalue weighted by Gasteiger charge is 2.35. The average molecular weight is 497 g/mol. The molecule has 1 amide bonds. The molecular weight excluding hydrogens is 471 g/mol. The number of halogens is 2. The molecule has 182 valence electrons. The number of phenols is 1. The van der Waals surface area contributed by atoms with Gasteiger partial charge in [-0.25, -0.2) is 4.39 Å². The highest BCUT2D eigenvalue weighted by atomic mass is 35.5. The zero-order chi connectivity index (χ0) is 24.7. The number of benzene rings is 2. The predicted molar refractivity (Wildman–Crippen MR) is 135 cm³/mol. The van der Waals surface area contributed by atoms with Crippen LogP contribution < -0.4 is 9.64 Å². The molecule has 5 rings (SSSR count). The van der Waals surface area contributed by atoms with E-state index in [9.17, 15) is 14.3 Å². The van der Waals surface area contributed by atoms with Gasteiger partial charge in [0.25, 0.3) is 0 Å². The number of hydrogen-bond donors (Lipinski definition) is 1. The Morgan fingerprint density at radius 1 is 1.34 bits per heavy atom. The van der Waals surface area contributed by atoms with Crippen LogP contribution in [-0.4, -0.2) is 78.7 Å². The van der Waals surface area contributed by atoms with Gasteiger partial charge in [-0.3, -0.25) is 9.78 Å². The third-order valence-electron chi connectivity index (χ3n) is 6.40. The second-order valence-electron chi connectivity index (χ2n) is 9.06. The standard InChI is InChI=1S/C26H26ClFN4O3/c1-30(2)8-4-7-24(34)31-9-10-32-16(14-31)15-35-23-13-29-21-12-17(19(27)11-18(21)26(23)32)25-20(28)5-3-6-22(25)33/h3-7,11-13,16,33H,8-10,14-15H2,1-2H3/b7-4+/t16-/m1/s1. The van der Waals surface area contributed by atoms with Gasteiger partial charge in [0.05, 0.1) is 29.0 Å². The third-order valence-corrected chi connectivity index (χ3v) is 6.71. The average Bonchev–Trinajstić information content (AvgIpc) is 2.83. The van der Waals surface area contributed by atoms with E-state index in [4.69, 9.17) is 16.3 Å². The lowest BCUT2D eigenvalue weighted by Crippen LogP contribution is -2.58. The molecule has 1 saturated heterocycles. The summed E-state index contributed by atoms with van der Waals surface area (Å²) in [7, 11) is 3.91. The normalized spacial score (nSPS) is 17.6. The summed E-state index contributed by atoms with van der Waals surface area (Å²) in [5.41, 5.74) is 1.89. The molecule has 9 heteroatoms. The SMILES string of the molecule is CN(C)C/C=C/C(=O)N1CCN2c3c(cnc4cc(-c5c(O)cccc5F)c(Cl)cc34)OC[C@H]2C1. The maximum atomic E-state index is 14.5. The summed E-state index contributed by atoms with van der Waals surface area (Å²) >= 11 is 6.61. The van der Waals surface area contributed by atoms with Gasteiger partial charge in [0, 0.05) is 48.2 Å². The summed E-state index contributed by atoms with van der Waals surface area (Å²) < 4.78 is 20.5. The fraction of sp³-hybridized carbons (Fsp3) is 0.308. The molecule has 2 aromatic carbocycles. The number of fused-ring (bicyclic) bond motifs is 5. The number of anilines is 1. The lowest BCUT2D eigenvalue weighted by atomic mass is 9.99. The van der Waals surface area contributed by atoms with Crippen molar-refractivity contribution in [3.05, 3.63) is 59.5 Å². The van der Waals surface area contributed by atoms with Gasteiger partial charge in [0.15, 0.2) is 5.75 Å². The zero-order valence-electron chi connectivity index (χ0n) is 19.5. The van der Waals surface area contributed by atoms with Gasteiger partial charge in [0.1, 0.15) is 18.2 Å². The molecule has 0 saturated carbocycles. The molecule has 0 aliphatic carbocycles. The smallest absolute Gasteiger partial charge is 0.246 e. The van der Waals surface area contributed by atoms with E-state index in [-0.39, 0.29) is 23.3 Å². The minimum atomic E-state index is -0.562. The van der Waals surface area contributed by atoms with E-state index in [0.29, 0.717) is 54.6 Å². The van der Waals surface area contributed by atoms with Crippen molar-refractivity contribution in [1.82, 2.24) is 14.8 Å². The van der Waals surface area contributed by atoms with Crippen molar-refractivity contribution in [2.45, 2.75) is 6.04 Å². The number of hydrogen-bond acceptors (Lipinski definition) is 6. The second kappa shape index (κ2) is 9.36. The van der Waals surface area contributed by atoms with Gasteiger partial charge in [-0.15, -0.1) is 0 Å². The van der Waals surface area contributed by atoms with E-state index < -0.39 is 5.82 Å². The van der Waals surface area contributed by atoms with Crippen molar-refractivity contribution in [1.29, 1.82) is 0 Å². The summed E-state index contributed by atoms with van der Waals surface area (Å²) in [5, 5.41) is 11.3. The van der Waals surface area contributed by atoms with Gasteiger partial charge >= 0.3 is 0 Å². The molecule has 1 N–H and O–H groups in total. The summed E-state index contributed by atoms with van der Waals surface area (Å²) in [5.74, 6) is -0.104. The van der Waals surface area contributed by atoms with Gasteiger partial charge in [-0.1, -0.05) is 23.7 Å². The maximum Gasteiger partial charge on any atom is 0.246 e. The number of pyridine rings is 1. The van der Waals surface area contributed by atoms with Crippen molar-refractivity contribution >= 4 is 34.1 Å². The number of carbonyl (C=O) groups excluding carboxylic acids is 1. The molecule has 7 nitrogen and oxygen atoms in total. The van der Waals surface area contributed by atoms with Crippen LogP contribution in [0.1, 0.15) is 0 Å². The first-order chi connectivity index (χ1) is 16.8. The van der Waals surface area contributed by atoms with Crippen LogP contribution in [0.25, 0.3) is 22.0 Å². The predicted octanol–water partition coefficient (Wildman–Crippen LogP) is 3.93. The number of amides is 1. The first-order valence-corrected chi connectivity index (χ1v) is 11.8. The lowest BCUT2D eigenvalue weighted by molar-refractivity contribution is -0.127. The monoisotopic (exact) mass is 496 g/mol. The van der Waals surface area contributed by atoms with Crippen LogP contribution in [0.2, 0.25) is 5.02 Å². The number of rotatable bonds is 4. The number of phenolic OH excluding ortho intramolecular Hbond substituents is 1. The van der Waals surface area contributed by atoms with E-state index in [1.165, 1.54) is 18.2 Å². The highest BCUT2D eigenvalue weighted by molar-refractivity contribution is 6.34. The molecule has 1 fully saturated rings. The zero-order valence-corrected chi connectivity index (χ0v) is 20.3. The van der Waals surface area contributed by atoms with E-state index in [1.54, 1.807) is 24.4 Å². The first kappa shape index (κ1) is 23.4. The lowest BCUT2D eigenvalue weighted by Gasteiger charge is -2.45. The molecule has 1 atom stereocenters. The fourth-order valence-corrected chi connectivity index (χ4v) is 4.96. The van der Waals surface area contributed by atoms with Crippen molar-refractivity contribution in [2.24, 2.45) is 0 Å². The van der Waals surface area contributed by atoms with Gasteiger partial charge in [0.2, 0.25) is 5.91 Å². The summed E-state index contributed by atoms with van der Waals surface area (Å²) in [4.78, 5) is 23.3. The Morgan fingerprint density at radius 3 is 2.94 bits per heavy atom. The molecule has 2 aliphatic rings.